The van der Waals surface area contributed by atoms with Crippen molar-refractivity contribution in [1.29, 1.82) is 0 Å². The smallest absolute Gasteiger partial charge is 0.164 e. The van der Waals surface area contributed by atoms with E-state index in [1.807, 2.05) is 31.2 Å². The first kappa shape index (κ1) is 12.0. The Morgan fingerprint density at radius 2 is 2.16 bits per heavy atom. The summed E-state index contributed by atoms with van der Waals surface area (Å²) in [5.41, 5.74) is 0.746. The van der Waals surface area contributed by atoms with E-state index in [-0.39, 0.29) is 0 Å². The summed E-state index contributed by atoms with van der Waals surface area (Å²) >= 11 is 0. The fourth-order valence-electron chi connectivity index (χ4n) is 2.24. The van der Waals surface area contributed by atoms with Crippen LogP contribution in [0.2, 0.25) is 0 Å². The third kappa shape index (κ3) is 2.17. The maximum atomic E-state index is 10.4. The Labute approximate surface area is 111 Å². The Balaban J connectivity index is 1.81. The fraction of sp³-hybridized carbons (Fsp3) is 0.357. The Hall–Kier alpha value is -2.01. The Morgan fingerprint density at radius 3 is 2.95 bits per heavy atom. The molecule has 0 saturated heterocycles. The van der Waals surface area contributed by atoms with E-state index in [9.17, 15) is 5.11 Å². The molecule has 2 unspecified atom stereocenters. The van der Waals surface area contributed by atoms with Crippen LogP contribution in [0.25, 0.3) is 0 Å². The van der Waals surface area contributed by atoms with Gasteiger partial charge in [-0.25, -0.2) is 0 Å². The highest BCUT2D eigenvalue weighted by molar-refractivity contribution is 5.40. The van der Waals surface area contributed by atoms with Crippen LogP contribution < -0.4 is 9.47 Å². The first-order valence-electron chi connectivity index (χ1n) is 6.38. The number of para-hydroxylation sites is 2. The van der Waals surface area contributed by atoms with Crippen LogP contribution in [0.3, 0.4) is 0 Å². The van der Waals surface area contributed by atoms with Gasteiger partial charge in [-0.3, -0.25) is 4.68 Å². The third-order valence-corrected chi connectivity index (χ3v) is 3.23. The molecule has 0 radical (unpaired) electrons. The molecule has 0 amide bonds. The molecule has 0 spiro atoms. The number of rotatable bonds is 3. The molecular weight excluding hydrogens is 244 g/mol. The summed E-state index contributed by atoms with van der Waals surface area (Å²) in [4.78, 5) is 0. The van der Waals surface area contributed by atoms with E-state index >= 15 is 0 Å². The van der Waals surface area contributed by atoms with Gasteiger partial charge in [0.2, 0.25) is 0 Å². The highest BCUT2D eigenvalue weighted by Gasteiger charge is 2.30. The number of aliphatic hydroxyl groups excluding tert-OH is 1. The van der Waals surface area contributed by atoms with Crippen LogP contribution in [0.1, 0.15) is 18.7 Å². The van der Waals surface area contributed by atoms with Crippen LogP contribution in [-0.4, -0.2) is 27.6 Å². The number of hydrogen-bond acceptors (Lipinski definition) is 4. The monoisotopic (exact) mass is 260 g/mol. The largest absolute Gasteiger partial charge is 0.486 e. The molecule has 0 aliphatic carbocycles. The van der Waals surface area contributed by atoms with Crippen LogP contribution in [0.5, 0.6) is 11.5 Å². The molecular formula is C14H16N2O3. The maximum Gasteiger partial charge on any atom is 0.164 e. The first-order chi connectivity index (χ1) is 9.29. The molecule has 3 rings (SSSR count). The van der Waals surface area contributed by atoms with Gasteiger partial charge in [0.25, 0.3) is 0 Å². The predicted octanol–water partition coefficient (Wildman–Crippen LogP) is 1.78. The second-order valence-electron chi connectivity index (χ2n) is 4.43. The van der Waals surface area contributed by atoms with Gasteiger partial charge in [0.05, 0.1) is 5.69 Å². The van der Waals surface area contributed by atoms with E-state index in [1.165, 1.54) is 0 Å². The van der Waals surface area contributed by atoms with Gasteiger partial charge in [0.1, 0.15) is 12.7 Å². The molecule has 5 nitrogen and oxygen atoms in total. The Kier molecular flexibility index (Phi) is 3.13. The van der Waals surface area contributed by atoms with E-state index in [4.69, 9.17) is 9.47 Å². The van der Waals surface area contributed by atoms with E-state index in [0.717, 1.165) is 11.4 Å². The van der Waals surface area contributed by atoms with Crippen molar-refractivity contribution in [3.05, 3.63) is 42.2 Å². The van der Waals surface area contributed by atoms with Gasteiger partial charge in [0, 0.05) is 12.7 Å². The molecule has 2 heterocycles. The van der Waals surface area contributed by atoms with E-state index in [0.29, 0.717) is 18.9 Å². The van der Waals surface area contributed by atoms with Crippen molar-refractivity contribution in [3.8, 4) is 11.5 Å². The zero-order valence-corrected chi connectivity index (χ0v) is 10.7. The van der Waals surface area contributed by atoms with E-state index in [1.54, 1.807) is 16.9 Å². The Bertz CT molecular complexity index is 567. The molecule has 1 aromatic heterocycles. The van der Waals surface area contributed by atoms with Crippen LogP contribution >= 0.6 is 0 Å². The highest BCUT2D eigenvalue weighted by atomic mass is 16.6. The number of aliphatic hydroxyl groups is 1. The number of ether oxygens (including phenoxy) is 2. The molecule has 1 aliphatic rings. The molecule has 100 valence electrons. The normalized spacial score (nSPS) is 19.2. The van der Waals surface area contributed by atoms with Crippen LogP contribution in [0.4, 0.5) is 0 Å². The van der Waals surface area contributed by atoms with Crippen LogP contribution in [-0.2, 0) is 6.54 Å². The fourth-order valence-corrected chi connectivity index (χ4v) is 2.24. The van der Waals surface area contributed by atoms with Crippen molar-refractivity contribution in [2.24, 2.45) is 0 Å². The highest BCUT2D eigenvalue weighted by Crippen LogP contribution is 2.34. The van der Waals surface area contributed by atoms with Gasteiger partial charge < -0.3 is 14.6 Å². The molecule has 2 atom stereocenters. The summed E-state index contributed by atoms with van der Waals surface area (Å²) in [5, 5.41) is 14.6. The molecule has 2 aromatic rings. The van der Waals surface area contributed by atoms with Gasteiger partial charge in [0.15, 0.2) is 17.6 Å². The number of fused-ring (bicyclic) bond motifs is 1. The lowest BCUT2D eigenvalue weighted by Gasteiger charge is -2.29. The number of aryl methyl sites for hydroxylation is 1. The summed E-state index contributed by atoms with van der Waals surface area (Å²) in [6.07, 6.45) is 0.507. The van der Waals surface area contributed by atoms with Crippen molar-refractivity contribution >= 4 is 0 Å². The summed E-state index contributed by atoms with van der Waals surface area (Å²) in [6.45, 7) is 3.02. The summed E-state index contributed by atoms with van der Waals surface area (Å²) in [6, 6.07) is 9.27. The molecule has 0 fully saturated rings. The van der Waals surface area contributed by atoms with E-state index in [2.05, 4.69) is 5.10 Å². The predicted molar refractivity (Wildman–Crippen MR) is 69.2 cm³/mol. The first-order valence-corrected chi connectivity index (χ1v) is 6.38. The molecule has 1 N–H and O–H groups in total. The zero-order chi connectivity index (χ0) is 13.2. The van der Waals surface area contributed by atoms with Crippen molar-refractivity contribution in [2.45, 2.75) is 25.7 Å². The van der Waals surface area contributed by atoms with E-state index < -0.39 is 12.2 Å². The maximum absolute atomic E-state index is 10.4. The van der Waals surface area contributed by atoms with Crippen molar-refractivity contribution in [2.75, 3.05) is 6.61 Å². The lowest BCUT2D eigenvalue weighted by Crippen LogP contribution is -2.35. The lowest BCUT2D eigenvalue weighted by atomic mass is 10.1. The number of nitrogens with zero attached hydrogens (tertiary/aromatic N) is 2. The van der Waals surface area contributed by atoms with Gasteiger partial charge >= 0.3 is 0 Å². The van der Waals surface area contributed by atoms with Crippen LogP contribution in [0, 0.1) is 0 Å². The van der Waals surface area contributed by atoms with Crippen LogP contribution in [0.15, 0.2) is 36.5 Å². The van der Waals surface area contributed by atoms with Crippen molar-refractivity contribution in [3.63, 3.8) is 0 Å². The average Bonchev–Trinajstić information content (AvgIpc) is 2.94. The average molecular weight is 260 g/mol. The zero-order valence-electron chi connectivity index (χ0n) is 10.7. The molecule has 19 heavy (non-hydrogen) atoms. The third-order valence-electron chi connectivity index (χ3n) is 3.23. The second kappa shape index (κ2) is 4.93. The molecule has 0 saturated carbocycles. The lowest BCUT2D eigenvalue weighted by molar-refractivity contribution is -0.0152. The van der Waals surface area contributed by atoms with Gasteiger partial charge in [-0.05, 0) is 25.1 Å². The molecule has 1 aliphatic heterocycles. The minimum absolute atomic E-state index is 0.326. The number of benzene rings is 1. The quantitative estimate of drug-likeness (QED) is 0.914. The second-order valence-corrected chi connectivity index (χ2v) is 4.43. The summed E-state index contributed by atoms with van der Waals surface area (Å²) < 4.78 is 13.2. The molecule has 0 bridgehead atoms. The molecule has 1 aromatic carbocycles. The molecule has 5 heteroatoms. The van der Waals surface area contributed by atoms with Crippen molar-refractivity contribution in [1.82, 2.24) is 9.78 Å². The van der Waals surface area contributed by atoms with Gasteiger partial charge in [-0.2, -0.15) is 5.10 Å². The Morgan fingerprint density at radius 1 is 1.37 bits per heavy atom. The van der Waals surface area contributed by atoms with Crippen molar-refractivity contribution < 1.29 is 14.6 Å². The minimum Gasteiger partial charge on any atom is -0.486 e. The number of aromatic nitrogens is 2. The van der Waals surface area contributed by atoms with Gasteiger partial charge in [-0.15, -0.1) is 0 Å². The topological polar surface area (TPSA) is 56.5 Å². The summed E-state index contributed by atoms with van der Waals surface area (Å²) in [7, 11) is 0. The standard InChI is InChI=1S/C14H16N2O3/c1-2-16-10(7-8-15-16)14(17)13-9-18-11-5-3-4-6-12(11)19-13/h3-8,13-14,17H,2,9H2,1H3. The SMILES string of the molecule is CCn1nccc1C(O)C1COc2ccccc2O1. The summed E-state index contributed by atoms with van der Waals surface area (Å²) in [5.74, 6) is 1.38. The minimum atomic E-state index is -0.754. The van der Waals surface area contributed by atoms with Gasteiger partial charge in [-0.1, -0.05) is 12.1 Å². The number of hydrogen-bond donors (Lipinski definition) is 1.